The summed E-state index contributed by atoms with van der Waals surface area (Å²) in [5.74, 6) is 1.02. The highest BCUT2D eigenvalue weighted by molar-refractivity contribution is 6.30. The molecule has 0 bridgehead atoms. The van der Waals surface area contributed by atoms with Crippen molar-refractivity contribution < 1.29 is 0 Å². The molecule has 4 heteroatoms. The molecule has 3 nitrogen and oxygen atoms in total. The Morgan fingerprint density at radius 3 is 2.50 bits per heavy atom. The van der Waals surface area contributed by atoms with Crippen LogP contribution in [0.4, 0.5) is 5.82 Å². The van der Waals surface area contributed by atoms with Crippen molar-refractivity contribution in [2.75, 3.05) is 11.4 Å². The number of rotatable bonds is 4. The summed E-state index contributed by atoms with van der Waals surface area (Å²) in [5, 5.41) is 8.81. The lowest BCUT2D eigenvalue weighted by molar-refractivity contribution is 0.735. The van der Waals surface area contributed by atoms with Crippen molar-refractivity contribution in [2.45, 2.75) is 46.1 Å². The molecule has 0 saturated heterocycles. The van der Waals surface area contributed by atoms with E-state index in [0.29, 0.717) is 11.2 Å². The van der Waals surface area contributed by atoms with Gasteiger partial charge in [0.2, 0.25) is 0 Å². The first kappa shape index (κ1) is 11.6. The monoisotopic (exact) mass is 239 g/mol. The Kier molecular flexibility index (Phi) is 3.33. The molecule has 1 aliphatic carbocycles. The summed E-state index contributed by atoms with van der Waals surface area (Å²) in [6.07, 6.45) is 3.70. The zero-order valence-corrected chi connectivity index (χ0v) is 10.9. The van der Waals surface area contributed by atoms with Gasteiger partial charge in [-0.25, -0.2) is 0 Å². The zero-order chi connectivity index (χ0) is 11.7. The predicted octanol–water partition coefficient (Wildman–Crippen LogP) is 3.13. The third kappa shape index (κ3) is 2.14. The van der Waals surface area contributed by atoms with Gasteiger partial charge < -0.3 is 4.90 Å². The fourth-order valence-corrected chi connectivity index (χ4v) is 2.10. The Morgan fingerprint density at radius 2 is 1.94 bits per heavy atom. The fourth-order valence-electron chi connectivity index (χ4n) is 1.93. The van der Waals surface area contributed by atoms with Crippen LogP contribution in [0.15, 0.2) is 0 Å². The Balaban J connectivity index is 2.33. The van der Waals surface area contributed by atoms with Crippen molar-refractivity contribution in [1.29, 1.82) is 0 Å². The van der Waals surface area contributed by atoms with Gasteiger partial charge >= 0.3 is 0 Å². The average Bonchev–Trinajstić information content (AvgIpc) is 3.08. The van der Waals surface area contributed by atoms with Gasteiger partial charge in [0.05, 0.1) is 0 Å². The lowest BCUT2D eigenvalue weighted by Crippen LogP contribution is -2.28. The van der Waals surface area contributed by atoms with Gasteiger partial charge in [-0.15, -0.1) is 10.2 Å². The minimum Gasteiger partial charge on any atom is -0.352 e. The Morgan fingerprint density at radius 1 is 1.25 bits per heavy atom. The minimum absolute atomic E-state index is 0.522. The molecule has 1 saturated carbocycles. The van der Waals surface area contributed by atoms with Crippen molar-refractivity contribution in [3.63, 3.8) is 0 Å². The van der Waals surface area contributed by atoms with Gasteiger partial charge in [-0.3, -0.25) is 0 Å². The number of hydrogen-bond donors (Lipinski definition) is 0. The quantitative estimate of drug-likeness (QED) is 0.809. The molecular formula is C12H18ClN3. The standard InChI is InChI=1S/C12H18ClN3/c1-4-7-16(10-5-6-10)12-9(3)8(2)11(13)14-15-12/h10H,4-7H2,1-3H3. The summed E-state index contributed by atoms with van der Waals surface area (Å²) in [6.45, 7) is 7.34. The summed E-state index contributed by atoms with van der Waals surface area (Å²) in [6, 6.07) is 0.675. The molecule has 1 fully saturated rings. The molecule has 88 valence electrons. The second-order valence-corrected chi connectivity index (χ2v) is 4.85. The molecule has 1 aliphatic rings. The second-order valence-electron chi connectivity index (χ2n) is 4.49. The van der Waals surface area contributed by atoms with Gasteiger partial charge in [-0.2, -0.15) is 0 Å². The molecule has 0 amide bonds. The summed E-state index contributed by atoms with van der Waals surface area (Å²) in [7, 11) is 0. The van der Waals surface area contributed by atoms with Gasteiger partial charge in [0.15, 0.2) is 11.0 Å². The number of hydrogen-bond acceptors (Lipinski definition) is 3. The molecule has 1 heterocycles. The first-order valence-electron chi connectivity index (χ1n) is 5.91. The Bertz CT molecular complexity index is 388. The van der Waals surface area contributed by atoms with Gasteiger partial charge in [0, 0.05) is 12.6 Å². The molecule has 0 aromatic carbocycles. The first-order valence-corrected chi connectivity index (χ1v) is 6.29. The molecule has 0 radical (unpaired) electrons. The summed E-state index contributed by atoms with van der Waals surface area (Å²) in [4.78, 5) is 2.38. The van der Waals surface area contributed by atoms with E-state index in [1.54, 1.807) is 0 Å². The second kappa shape index (κ2) is 4.58. The van der Waals surface area contributed by atoms with Crippen LogP contribution in [0.2, 0.25) is 5.15 Å². The van der Waals surface area contributed by atoms with Crippen LogP contribution in [0.1, 0.15) is 37.3 Å². The van der Waals surface area contributed by atoms with Crippen molar-refractivity contribution >= 4 is 17.4 Å². The average molecular weight is 240 g/mol. The van der Waals surface area contributed by atoms with Crippen LogP contribution in [0, 0.1) is 13.8 Å². The summed E-state index contributed by atoms with van der Waals surface area (Å²) < 4.78 is 0. The molecular weight excluding hydrogens is 222 g/mol. The SMILES string of the molecule is CCCN(c1nnc(Cl)c(C)c1C)C1CC1. The van der Waals surface area contributed by atoms with Crippen LogP contribution in [-0.4, -0.2) is 22.8 Å². The van der Waals surface area contributed by atoms with Crippen LogP contribution in [0.25, 0.3) is 0 Å². The normalized spacial score (nSPS) is 15.2. The highest BCUT2D eigenvalue weighted by Gasteiger charge is 2.30. The van der Waals surface area contributed by atoms with E-state index in [1.807, 2.05) is 6.92 Å². The largest absolute Gasteiger partial charge is 0.352 e. The molecule has 1 aromatic heterocycles. The molecule has 16 heavy (non-hydrogen) atoms. The maximum absolute atomic E-state index is 5.97. The van der Waals surface area contributed by atoms with Crippen LogP contribution < -0.4 is 4.90 Å². The highest BCUT2D eigenvalue weighted by atomic mass is 35.5. The molecule has 1 aromatic rings. The van der Waals surface area contributed by atoms with Crippen molar-refractivity contribution in [2.24, 2.45) is 0 Å². The lowest BCUT2D eigenvalue weighted by Gasteiger charge is -2.24. The number of aromatic nitrogens is 2. The summed E-state index contributed by atoms with van der Waals surface area (Å²) >= 11 is 5.97. The van der Waals surface area contributed by atoms with E-state index in [2.05, 4.69) is 28.9 Å². The molecule has 0 aliphatic heterocycles. The maximum atomic E-state index is 5.97. The van der Waals surface area contributed by atoms with Crippen molar-refractivity contribution in [3.8, 4) is 0 Å². The van der Waals surface area contributed by atoms with Crippen LogP contribution in [-0.2, 0) is 0 Å². The van der Waals surface area contributed by atoms with E-state index in [-0.39, 0.29) is 0 Å². The lowest BCUT2D eigenvalue weighted by atomic mass is 10.2. The predicted molar refractivity (Wildman–Crippen MR) is 67.2 cm³/mol. The van der Waals surface area contributed by atoms with Crippen LogP contribution in [0.3, 0.4) is 0 Å². The van der Waals surface area contributed by atoms with Gasteiger partial charge in [-0.05, 0) is 44.2 Å². The molecule has 0 spiro atoms. The first-order chi connectivity index (χ1) is 7.65. The zero-order valence-electron chi connectivity index (χ0n) is 10.1. The van der Waals surface area contributed by atoms with E-state index in [4.69, 9.17) is 11.6 Å². The smallest absolute Gasteiger partial charge is 0.155 e. The van der Waals surface area contributed by atoms with E-state index in [0.717, 1.165) is 24.3 Å². The van der Waals surface area contributed by atoms with E-state index < -0.39 is 0 Å². The molecule has 0 N–H and O–H groups in total. The molecule has 0 atom stereocenters. The number of halogens is 1. The minimum atomic E-state index is 0.522. The van der Waals surface area contributed by atoms with E-state index >= 15 is 0 Å². The molecule has 0 unspecified atom stereocenters. The number of anilines is 1. The fraction of sp³-hybridized carbons (Fsp3) is 0.667. The van der Waals surface area contributed by atoms with E-state index in [1.165, 1.54) is 18.4 Å². The van der Waals surface area contributed by atoms with Gasteiger partial charge in [0.1, 0.15) is 0 Å². The van der Waals surface area contributed by atoms with E-state index in [9.17, 15) is 0 Å². The maximum Gasteiger partial charge on any atom is 0.155 e. The highest BCUT2D eigenvalue weighted by Crippen LogP contribution is 2.33. The number of nitrogens with zero attached hydrogens (tertiary/aromatic N) is 3. The topological polar surface area (TPSA) is 29.0 Å². The Labute approximate surface area is 102 Å². The van der Waals surface area contributed by atoms with Gasteiger partial charge in [-0.1, -0.05) is 18.5 Å². The van der Waals surface area contributed by atoms with Crippen molar-refractivity contribution in [3.05, 3.63) is 16.3 Å². The molecule has 2 rings (SSSR count). The van der Waals surface area contributed by atoms with Crippen molar-refractivity contribution in [1.82, 2.24) is 10.2 Å². The third-order valence-electron chi connectivity index (χ3n) is 3.16. The van der Waals surface area contributed by atoms with Crippen LogP contribution >= 0.6 is 11.6 Å². The third-order valence-corrected chi connectivity index (χ3v) is 3.52. The van der Waals surface area contributed by atoms with Crippen LogP contribution in [0.5, 0.6) is 0 Å². The summed E-state index contributed by atoms with van der Waals surface area (Å²) in [5.41, 5.74) is 2.22. The Hall–Kier alpha value is -0.830. The van der Waals surface area contributed by atoms with Gasteiger partial charge in [0.25, 0.3) is 0 Å².